The summed E-state index contributed by atoms with van der Waals surface area (Å²) in [6, 6.07) is 9.60. The highest BCUT2D eigenvalue weighted by molar-refractivity contribution is 7.89. The van der Waals surface area contributed by atoms with Crippen LogP contribution in [0.3, 0.4) is 0 Å². The molecule has 1 saturated heterocycles. The minimum absolute atomic E-state index is 0.175. The molecule has 30 heavy (non-hydrogen) atoms. The first-order valence-electron chi connectivity index (χ1n) is 9.57. The van der Waals surface area contributed by atoms with Crippen molar-refractivity contribution in [3.05, 3.63) is 41.3 Å². The molecule has 1 N–H and O–H groups in total. The molecule has 0 unspecified atom stereocenters. The first-order valence-corrected chi connectivity index (χ1v) is 11.8. The van der Waals surface area contributed by atoms with Gasteiger partial charge in [0.25, 0.3) is 0 Å². The molecular weight excluding hydrogens is 428 g/mol. The highest BCUT2D eigenvalue weighted by Gasteiger charge is 2.32. The summed E-state index contributed by atoms with van der Waals surface area (Å²) in [5.41, 5.74) is 0. The average Bonchev–Trinajstić information content (AvgIpc) is 3.22. The molecule has 1 fully saturated rings. The Balaban J connectivity index is 1.57. The fourth-order valence-electron chi connectivity index (χ4n) is 3.22. The molecule has 1 aliphatic heterocycles. The van der Waals surface area contributed by atoms with E-state index in [1.807, 2.05) is 6.92 Å². The quantitative estimate of drug-likeness (QED) is 0.648. The van der Waals surface area contributed by atoms with Gasteiger partial charge in [-0.1, -0.05) is 0 Å². The molecule has 1 aromatic carbocycles. The van der Waals surface area contributed by atoms with Crippen LogP contribution in [0.4, 0.5) is 5.00 Å². The molecule has 0 aliphatic carbocycles. The van der Waals surface area contributed by atoms with Crippen molar-refractivity contribution in [1.29, 1.82) is 0 Å². The highest BCUT2D eigenvalue weighted by Crippen LogP contribution is 2.28. The number of anilines is 1. The number of amides is 1. The molecule has 3 rings (SSSR count). The molecule has 0 bridgehead atoms. The second kappa shape index (κ2) is 9.59. The summed E-state index contributed by atoms with van der Waals surface area (Å²) < 4.78 is 37.1. The number of carbonyl (C=O) groups is 2. The summed E-state index contributed by atoms with van der Waals surface area (Å²) in [6.07, 6.45) is 0.856. The Morgan fingerprint density at radius 2 is 1.80 bits per heavy atom. The fourth-order valence-corrected chi connectivity index (χ4v) is 5.52. The van der Waals surface area contributed by atoms with Gasteiger partial charge in [-0.05, 0) is 56.2 Å². The van der Waals surface area contributed by atoms with E-state index < -0.39 is 16.0 Å². The Labute approximate surface area is 179 Å². The van der Waals surface area contributed by atoms with Gasteiger partial charge in [-0.25, -0.2) is 13.2 Å². The normalized spacial score (nSPS) is 15.5. The Hall–Kier alpha value is -2.43. The molecule has 0 spiro atoms. The minimum atomic E-state index is -3.61. The van der Waals surface area contributed by atoms with Crippen LogP contribution in [0.1, 0.15) is 29.4 Å². The molecule has 162 valence electrons. The predicted octanol–water partition coefficient (Wildman–Crippen LogP) is 2.97. The van der Waals surface area contributed by atoms with Gasteiger partial charge in [0.2, 0.25) is 15.9 Å². The van der Waals surface area contributed by atoms with Gasteiger partial charge in [0.05, 0.1) is 23.6 Å². The number of carbonyl (C=O) groups excluding carboxylic acids is 2. The van der Waals surface area contributed by atoms with Gasteiger partial charge in [0, 0.05) is 19.0 Å². The van der Waals surface area contributed by atoms with Crippen molar-refractivity contribution in [3.63, 3.8) is 0 Å². The number of rotatable bonds is 7. The maximum atomic E-state index is 12.9. The summed E-state index contributed by atoms with van der Waals surface area (Å²) in [5.74, 6) is -0.295. The SMILES string of the molecule is CCOc1ccc(S(=O)(=O)N2CCC(C(=O)Nc3ccc(C(=O)OC)s3)CC2)cc1. The molecule has 1 amide bonds. The van der Waals surface area contributed by atoms with Crippen molar-refractivity contribution in [3.8, 4) is 5.75 Å². The molecule has 8 nitrogen and oxygen atoms in total. The lowest BCUT2D eigenvalue weighted by Crippen LogP contribution is -2.41. The van der Waals surface area contributed by atoms with E-state index in [2.05, 4.69) is 10.1 Å². The number of piperidine rings is 1. The number of thiophene rings is 1. The van der Waals surface area contributed by atoms with Crippen LogP contribution < -0.4 is 10.1 Å². The Kier molecular flexibility index (Phi) is 7.11. The number of ether oxygens (including phenoxy) is 2. The van der Waals surface area contributed by atoms with E-state index in [0.717, 1.165) is 11.3 Å². The van der Waals surface area contributed by atoms with E-state index in [-0.39, 0.29) is 29.8 Å². The first-order chi connectivity index (χ1) is 14.3. The van der Waals surface area contributed by atoms with E-state index >= 15 is 0 Å². The lowest BCUT2D eigenvalue weighted by molar-refractivity contribution is -0.120. The third kappa shape index (κ3) is 5.00. The van der Waals surface area contributed by atoms with Gasteiger partial charge in [0.15, 0.2) is 0 Å². The largest absolute Gasteiger partial charge is 0.494 e. The summed E-state index contributed by atoms with van der Waals surface area (Å²) in [6.45, 7) is 2.91. The Morgan fingerprint density at radius 3 is 2.40 bits per heavy atom. The third-order valence-electron chi connectivity index (χ3n) is 4.84. The van der Waals surface area contributed by atoms with Crippen LogP contribution in [0.25, 0.3) is 0 Å². The van der Waals surface area contributed by atoms with Crippen LogP contribution in [-0.4, -0.2) is 51.4 Å². The van der Waals surface area contributed by atoms with E-state index in [9.17, 15) is 18.0 Å². The number of nitrogens with zero attached hydrogens (tertiary/aromatic N) is 1. The van der Waals surface area contributed by atoms with Gasteiger partial charge in [-0.15, -0.1) is 11.3 Å². The van der Waals surface area contributed by atoms with E-state index in [1.165, 1.54) is 23.5 Å². The number of methoxy groups -OCH3 is 1. The molecular formula is C20H24N2O6S2. The maximum Gasteiger partial charge on any atom is 0.348 e. The summed E-state index contributed by atoms with van der Waals surface area (Å²) in [4.78, 5) is 24.7. The van der Waals surface area contributed by atoms with Crippen LogP contribution in [0.2, 0.25) is 0 Å². The Morgan fingerprint density at radius 1 is 1.13 bits per heavy atom. The minimum Gasteiger partial charge on any atom is -0.494 e. The molecule has 2 aromatic rings. The third-order valence-corrected chi connectivity index (χ3v) is 7.73. The number of sulfonamides is 1. The monoisotopic (exact) mass is 452 g/mol. The van der Waals surface area contributed by atoms with Gasteiger partial charge >= 0.3 is 5.97 Å². The number of hydrogen-bond acceptors (Lipinski definition) is 7. The van der Waals surface area contributed by atoms with Gasteiger partial charge in [-0.3, -0.25) is 4.79 Å². The van der Waals surface area contributed by atoms with Gasteiger partial charge < -0.3 is 14.8 Å². The standard InChI is InChI=1S/C20H24N2O6S2/c1-3-28-15-4-6-16(7-5-15)30(25,26)22-12-10-14(11-13-22)19(23)21-18-9-8-17(29-18)20(24)27-2/h4-9,14H,3,10-13H2,1-2H3,(H,21,23). The Bertz CT molecular complexity index is 993. The number of esters is 1. The zero-order valence-corrected chi connectivity index (χ0v) is 18.4. The second-order valence-electron chi connectivity index (χ2n) is 6.73. The molecule has 1 aromatic heterocycles. The maximum absolute atomic E-state index is 12.9. The van der Waals surface area contributed by atoms with E-state index in [1.54, 1.807) is 24.3 Å². The van der Waals surface area contributed by atoms with Crippen molar-refractivity contribution in [1.82, 2.24) is 4.31 Å². The van der Waals surface area contributed by atoms with Crippen LogP contribution in [-0.2, 0) is 19.6 Å². The lowest BCUT2D eigenvalue weighted by Gasteiger charge is -2.30. The number of nitrogens with one attached hydrogen (secondary N) is 1. The van der Waals surface area contributed by atoms with Crippen molar-refractivity contribution >= 4 is 38.2 Å². The summed E-state index contributed by atoms with van der Waals surface area (Å²) in [7, 11) is -2.31. The van der Waals surface area contributed by atoms with Gasteiger partial charge in [-0.2, -0.15) is 4.31 Å². The molecule has 0 saturated carbocycles. The average molecular weight is 453 g/mol. The van der Waals surface area contributed by atoms with Crippen molar-refractivity contribution in [2.45, 2.75) is 24.7 Å². The number of hydrogen-bond donors (Lipinski definition) is 1. The number of benzene rings is 1. The molecule has 10 heteroatoms. The lowest BCUT2D eigenvalue weighted by atomic mass is 9.97. The van der Waals surface area contributed by atoms with Crippen LogP contribution in [0.15, 0.2) is 41.3 Å². The highest BCUT2D eigenvalue weighted by atomic mass is 32.2. The first kappa shape index (κ1) is 22.3. The molecule has 2 heterocycles. The predicted molar refractivity (Wildman–Crippen MR) is 113 cm³/mol. The van der Waals surface area contributed by atoms with Crippen molar-refractivity contribution in [2.75, 3.05) is 32.1 Å². The van der Waals surface area contributed by atoms with Crippen molar-refractivity contribution < 1.29 is 27.5 Å². The smallest absolute Gasteiger partial charge is 0.348 e. The zero-order valence-electron chi connectivity index (χ0n) is 16.8. The topological polar surface area (TPSA) is 102 Å². The molecule has 0 radical (unpaired) electrons. The van der Waals surface area contributed by atoms with E-state index in [4.69, 9.17) is 4.74 Å². The zero-order chi connectivity index (χ0) is 21.7. The van der Waals surface area contributed by atoms with Crippen molar-refractivity contribution in [2.24, 2.45) is 5.92 Å². The molecule has 1 aliphatic rings. The fraction of sp³-hybridized carbons (Fsp3) is 0.400. The van der Waals surface area contributed by atoms with Gasteiger partial charge in [0.1, 0.15) is 10.6 Å². The van der Waals surface area contributed by atoms with Crippen LogP contribution >= 0.6 is 11.3 Å². The summed E-state index contributed by atoms with van der Waals surface area (Å²) in [5, 5.41) is 3.36. The second-order valence-corrected chi connectivity index (χ2v) is 9.75. The van der Waals surface area contributed by atoms with Crippen LogP contribution in [0, 0.1) is 5.92 Å². The molecule has 0 atom stereocenters. The summed E-state index contributed by atoms with van der Waals surface area (Å²) >= 11 is 1.14. The van der Waals surface area contributed by atoms with Crippen LogP contribution in [0.5, 0.6) is 5.75 Å². The van der Waals surface area contributed by atoms with E-state index in [0.29, 0.717) is 35.1 Å².